The Morgan fingerprint density at radius 3 is 2.78 bits per heavy atom. The third-order valence-corrected chi connectivity index (χ3v) is 7.23. The number of aryl methyl sites for hydroxylation is 1. The van der Waals surface area contributed by atoms with Crippen LogP contribution >= 0.6 is 0 Å². The molecule has 170 valence electrons. The summed E-state index contributed by atoms with van der Waals surface area (Å²) in [7, 11) is 0. The Morgan fingerprint density at radius 1 is 1.19 bits per heavy atom. The van der Waals surface area contributed by atoms with Gasteiger partial charge in [-0.2, -0.15) is 4.98 Å². The fourth-order valence-electron chi connectivity index (χ4n) is 5.66. The minimum Gasteiger partial charge on any atom is -0.478 e. The molecule has 0 spiro atoms. The van der Waals surface area contributed by atoms with Gasteiger partial charge in [0.15, 0.2) is 0 Å². The summed E-state index contributed by atoms with van der Waals surface area (Å²) in [5.74, 6) is 1.03. The highest BCUT2D eigenvalue weighted by molar-refractivity contribution is 5.84. The summed E-state index contributed by atoms with van der Waals surface area (Å²) in [6, 6.07) is 8.74. The monoisotopic (exact) mass is 436 g/mol. The Hall–Kier alpha value is -2.64. The number of hydrogen-bond acceptors (Lipinski definition) is 6. The number of aromatic nitrogens is 3. The first kappa shape index (κ1) is 21.2. The summed E-state index contributed by atoms with van der Waals surface area (Å²) in [5, 5.41) is 13.2. The summed E-state index contributed by atoms with van der Waals surface area (Å²) in [6.45, 7) is 9.67. The number of hydrogen-bond donors (Lipinski definition) is 2. The van der Waals surface area contributed by atoms with Crippen LogP contribution in [0.3, 0.4) is 0 Å². The van der Waals surface area contributed by atoms with Gasteiger partial charge in [-0.25, -0.2) is 4.98 Å². The lowest BCUT2D eigenvalue weighted by Gasteiger charge is -2.31. The summed E-state index contributed by atoms with van der Waals surface area (Å²) >= 11 is 0. The Bertz CT molecular complexity index is 1110. The summed E-state index contributed by atoms with van der Waals surface area (Å²) in [5.41, 5.74) is 3.47. The van der Waals surface area contributed by atoms with Crippen molar-refractivity contribution in [2.45, 2.75) is 45.8 Å². The highest BCUT2D eigenvalue weighted by Crippen LogP contribution is 2.52. The van der Waals surface area contributed by atoms with Crippen molar-refractivity contribution < 1.29 is 14.6 Å². The largest absolute Gasteiger partial charge is 0.478 e. The molecule has 0 amide bonds. The molecule has 3 aromatic rings. The predicted molar refractivity (Wildman–Crippen MR) is 123 cm³/mol. The standard InChI is InChI=1S/C25H32N4O3/c1-4-31-23-19(12-26-24(28-23)32-5-2)25(30)11-10-17-13-29(14-20(17)25)15-22-16(3)18-8-6-7-9-21(18)27-22/h6-9,12,17,20,27,30H,4-5,10-11,13-15H2,1-3H3/t17-,20+,25+/m0/s1. The molecule has 7 nitrogen and oxygen atoms in total. The van der Waals surface area contributed by atoms with E-state index in [1.54, 1.807) is 6.20 Å². The van der Waals surface area contributed by atoms with Crippen molar-refractivity contribution in [3.63, 3.8) is 0 Å². The number of nitrogens with one attached hydrogen (secondary N) is 1. The smallest absolute Gasteiger partial charge is 0.319 e. The van der Waals surface area contributed by atoms with Crippen molar-refractivity contribution in [2.75, 3.05) is 26.3 Å². The molecule has 2 aliphatic rings. The summed E-state index contributed by atoms with van der Waals surface area (Å²) < 4.78 is 11.3. The molecule has 0 bridgehead atoms. The van der Waals surface area contributed by atoms with Crippen molar-refractivity contribution in [3.05, 3.63) is 47.3 Å². The second-order valence-corrected chi connectivity index (χ2v) is 9.04. The van der Waals surface area contributed by atoms with Gasteiger partial charge in [0.1, 0.15) is 5.60 Å². The zero-order valence-corrected chi connectivity index (χ0v) is 19.1. The van der Waals surface area contributed by atoms with Gasteiger partial charge >= 0.3 is 6.01 Å². The van der Waals surface area contributed by atoms with Crippen molar-refractivity contribution in [1.29, 1.82) is 0 Å². The lowest BCUT2D eigenvalue weighted by Crippen LogP contribution is -2.35. The average Bonchev–Trinajstić information content (AvgIpc) is 3.43. The molecule has 1 saturated heterocycles. The van der Waals surface area contributed by atoms with Gasteiger partial charge in [0.25, 0.3) is 0 Å². The first-order valence-corrected chi connectivity index (χ1v) is 11.7. The highest BCUT2D eigenvalue weighted by atomic mass is 16.5. The lowest BCUT2D eigenvalue weighted by atomic mass is 9.83. The molecule has 1 saturated carbocycles. The van der Waals surface area contributed by atoms with Crippen LogP contribution in [0.1, 0.15) is 43.5 Å². The van der Waals surface area contributed by atoms with E-state index in [0.29, 0.717) is 43.0 Å². The van der Waals surface area contributed by atoms with Gasteiger partial charge in [-0.15, -0.1) is 0 Å². The molecule has 7 heteroatoms. The minimum atomic E-state index is -0.982. The number of aliphatic hydroxyl groups is 1. The van der Waals surface area contributed by atoms with Crippen LogP contribution in [0.15, 0.2) is 30.5 Å². The van der Waals surface area contributed by atoms with Gasteiger partial charge in [0.05, 0.1) is 18.8 Å². The minimum absolute atomic E-state index is 0.132. The number of fused-ring (bicyclic) bond motifs is 2. The number of benzene rings is 1. The van der Waals surface area contributed by atoms with Gasteiger partial charge in [-0.05, 0) is 51.2 Å². The van der Waals surface area contributed by atoms with E-state index in [1.807, 2.05) is 13.8 Å². The normalized spacial score (nSPS) is 25.4. The third kappa shape index (κ3) is 3.53. The maximum absolute atomic E-state index is 11.9. The van der Waals surface area contributed by atoms with Crippen LogP contribution in [0.5, 0.6) is 11.9 Å². The number of rotatable bonds is 7. The SMILES string of the molecule is CCOc1ncc([C@]2(O)CC[C@H]3CN(Cc4[nH]c5ccccc5c4C)C[C@H]32)c(OCC)n1. The van der Waals surface area contributed by atoms with Gasteiger partial charge < -0.3 is 19.6 Å². The van der Waals surface area contributed by atoms with E-state index in [1.165, 1.54) is 22.2 Å². The molecule has 5 rings (SSSR count). The first-order chi connectivity index (χ1) is 15.5. The maximum Gasteiger partial charge on any atom is 0.319 e. The molecule has 2 fully saturated rings. The van der Waals surface area contributed by atoms with Crippen LogP contribution < -0.4 is 9.47 Å². The zero-order valence-electron chi connectivity index (χ0n) is 19.1. The second-order valence-electron chi connectivity index (χ2n) is 9.04. The van der Waals surface area contributed by atoms with Crippen LogP contribution in [0, 0.1) is 18.8 Å². The zero-order chi connectivity index (χ0) is 22.3. The molecule has 3 heterocycles. The van der Waals surface area contributed by atoms with Crippen LogP contribution in [-0.4, -0.2) is 51.3 Å². The van der Waals surface area contributed by atoms with E-state index < -0.39 is 5.60 Å². The van der Waals surface area contributed by atoms with Gasteiger partial charge in [0.2, 0.25) is 5.88 Å². The Labute approximate surface area is 188 Å². The molecule has 2 aromatic heterocycles. The van der Waals surface area contributed by atoms with E-state index in [0.717, 1.165) is 26.1 Å². The van der Waals surface area contributed by atoms with Gasteiger partial charge in [-0.1, -0.05) is 18.2 Å². The number of para-hydroxylation sites is 1. The predicted octanol–water partition coefficient (Wildman–Crippen LogP) is 3.79. The highest BCUT2D eigenvalue weighted by Gasteiger charge is 2.54. The van der Waals surface area contributed by atoms with E-state index in [9.17, 15) is 5.11 Å². The number of nitrogens with zero attached hydrogens (tertiary/aromatic N) is 3. The Kier molecular flexibility index (Phi) is 5.55. The number of aromatic amines is 1. The van der Waals surface area contributed by atoms with Crippen LogP contribution in [0.2, 0.25) is 0 Å². The molecular weight excluding hydrogens is 404 g/mol. The summed E-state index contributed by atoms with van der Waals surface area (Å²) in [6.07, 6.45) is 3.40. The van der Waals surface area contributed by atoms with E-state index in [2.05, 4.69) is 51.0 Å². The Morgan fingerprint density at radius 2 is 2.00 bits per heavy atom. The molecule has 1 aliphatic carbocycles. The van der Waals surface area contributed by atoms with Gasteiger partial charge in [-0.3, -0.25) is 4.90 Å². The first-order valence-electron chi connectivity index (χ1n) is 11.7. The van der Waals surface area contributed by atoms with Crippen molar-refractivity contribution in [2.24, 2.45) is 11.8 Å². The van der Waals surface area contributed by atoms with Gasteiger partial charge in [0, 0.05) is 48.3 Å². The van der Waals surface area contributed by atoms with Crippen LogP contribution in [-0.2, 0) is 12.1 Å². The summed E-state index contributed by atoms with van der Waals surface area (Å²) in [4.78, 5) is 14.9. The lowest BCUT2D eigenvalue weighted by molar-refractivity contribution is -0.0102. The molecule has 3 atom stereocenters. The fourth-order valence-corrected chi connectivity index (χ4v) is 5.66. The second kappa shape index (κ2) is 8.37. The third-order valence-electron chi connectivity index (χ3n) is 7.23. The van der Waals surface area contributed by atoms with Crippen molar-refractivity contribution in [3.8, 4) is 11.9 Å². The van der Waals surface area contributed by atoms with Crippen molar-refractivity contribution in [1.82, 2.24) is 19.9 Å². The van der Waals surface area contributed by atoms with Crippen molar-refractivity contribution >= 4 is 10.9 Å². The average molecular weight is 437 g/mol. The molecule has 0 radical (unpaired) electrons. The molecule has 32 heavy (non-hydrogen) atoms. The van der Waals surface area contributed by atoms with Crippen LogP contribution in [0.25, 0.3) is 10.9 Å². The molecule has 1 aliphatic heterocycles. The van der Waals surface area contributed by atoms with Crippen LogP contribution in [0.4, 0.5) is 0 Å². The molecular formula is C25H32N4O3. The maximum atomic E-state index is 11.9. The fraction of sp³-hybridized carbons (Fsp3) is 0.520. The van der Waals surface area contributed by atoms with E-state index in [4.69, 9.17) is 9.47 Å². The molecule has 1 aromatic carbocycles. The van der Waals surface area contributed by atoms with E-state index in [-0.39, 0.29) is 5.92 Å². The number of likely N-dealkylation sites (tertiary alicyclic amines) is 1. The number of ether oxygens (including phenoxy) is 2. The molecule has 0 unspecified atom stereocenters. The topological polar surface area (TPSA) is 83.5 Å². The Balaban J connectivity index is 1.39. The van der Waals surface area contributed by atoms with E-state index >= 15 is 0 Å². The quantitative estimate of drug-likeness (QED) is 0.586. The molecule has 2 N–H and O–H groups in total. The number of H-pyrrole nitrogens is 1.